The molecule has 0 aliphatic carbocycles. The molecule has 0 saturated carbocycles. The fraction of sp³-hybridized carbons (Fsp3) is 0.786. The van der Waals surface area contributed by atoms with Crippen LogP contribution in [0, 0.1) is 5.92 Å². The summed E-state index contributed by atoms with van der Waals surface area (Å²) in [5.41, 5.74) is 0. The lowest BCUT2D eigenvalue weighted by Gasteiger charge is -2.32. The number of carbonyl (C=O) groups is 3. The second-order valence-corrected chi connectivity index (χ2v) is 5.56. The molecule has 21 heavy (non-hydrogen) atoms. The number of ether oxygens (including phenoxy) is 1. The van der Waals surface area contributed by atoms with Gasteiger partial charge in [-0.1, -0.05) is 0 Å². The Bertz CT molecular complexity index is 413. The first kappa shape index (κ1) is 15.8. The minimum Gasteiger partial charge on any atom is -0.466 e. The van der Waals surface area contributed by atoms with Gasteiger partial charge in [0.25, 0.3) is 5.91 Å². The molecule has 2 aliphatic heterocycles. The number of hydrogen-bond acceptors (Lipinski definition) is 4. The fourth-order valence-corrected chi connectivity index (χ4v) is 2.87. The van der Waals surface area contributed by atoms with E-state index in [0.29, 0.717) is 26.2 Å². The van der Waals surface area contributed by atoms with Crippen LogP contribution in [0.4, 0.5) is 0 Å². The third kappa shape index (κ3) is 4.17. The summed E-state index contributed by atoms with van der Waals surface area (Å²) in [6, 6.07) is -0.339. The lowest BCUT2D eigenvalue weighted by molar-refractivity contribution is -0.678. The van der Waals surface area contributed by atoms with Gasteiger partial charge in [-0.05, 0) is 19.8 Å². The van der Waals surface area contributed by atoms with Crippen molar-refractivity contribution in [1.82, 2.24) is 10.2 Å². The third-order valence-electron chi connectivity index (χ3n) is 4.02. The van der Waals surface area contributed by atoms with E-state index in [2.05, 4.69) is 5.32 Å². The second kappa shape index (κ2) is 7.40. The van der Waals surface area contributed by atoms with Crippen LogP contribution in [0.15, 0.2) is 0 Å². The van der Waals surface area contributed by atoms with Crippen LogP contribution in [-0.2, 0) is 19.1 Å². The third-order valence-corrected chi connectivity index (χ3v) is 4.02. The van der Waals surface area contributed by atoms with Crippen molar-refractivity contribution in [3.63, 3.8) is 0 Å². The SMILES string of the molecule is CCOC(=O)[C@@H]1CCCN(C(=O)C[C@H]2[NH2+]CCNC2=O)C1. The summed E-state index contributed by atoms with van der Waals surface area (Å²) in [6.45, 7) is 4.66. The highest BCUT2D eigenvalue weighted by Gasteiger charge is 2.33. The van der Waals surface area contributed by atoms with E-state index >= 15 is 0 Å². The zero-order valence-electron chi connectivity index (χ0n) is 12.5. The normalized spacial score (nSPS) is 26.1. The van der Waals surface area contributed by atoms with Crippen LogP contribution in [0.5, 0.6) is 0 Å². The zero-order chi connectivity index (χ0) is 15.2. The summed E-state index contributed by atoms with van der Waals surface area (Å²) < 4.78 is 5.03. The van der Waals surface area contributed by atoms with Crippen LogP contribution in [0.25, 0.3) is 0 Å². The summed E-state index contributed by atoms with van der Waals surface area (Å²) in [6.07, 6.45) is 1.76. The van der Waals surface area contributed by atoms with Crippen molar-refractivity contribution >= 4 is 17.8 Å². The number of piperidine rings is 1. The molecule has 0 unspecified atom stereocenters. The average Bonchev–Trinajstić information content (AvgIpc) is 2.50. The molecule has 2 fully saturated rings. The maximum absolute atomic E-state index is 12.3. The Labute approximate surface area is 124 Å². The van der Waals surface area contributed by atoms with E-state index in [1.807, 2.05) is 5.32 Å². The van der Waals surface area contributed by atoms with E-state index in [0.717, 1.165) is 19.4 Å². The molecule has 7 heteroatoms. The Morgan fingerprint density at radius 1 is 1.48 bits per heavy atom. The lowest BCUT2D eigenvalue weighted by atomic mass is 9.97. The fourth-order valence-electron chi connectivity index (χ4n) is 2.87. The topological polar surface area (TPSA) is 92.3 Å². The molecule has 2 rings (SSSR count). The molecule has 0 aromatic heterocycles. The van der Waals surface area contributed by atoms with Gasteiger partial charge >= 0.3 is 5.97 Å². The van der Waals surface area contributed by atoms with E-state index in [1.54, 1.807) is 11.8 Å². The number of rotatable bonds is 4. The Hall–Kier alpha value is -1.63. The van der Waals surface area contributed by atoms with E-state index in [4.69, 9.17) is 4.74 Å². The monoisotopic (exact) mass is 298 g/mol. The van der Waals surface area contributed by atoms with Crippen LogP contribution in [-0.4, -0.2) is 61.5 Å². The molecule has 2 atom stereocenters. The van der Waals surface area contributed by atoms with Crippen molar-refractivity contribution in [3.8, 4) is 0 Å². The van der Waals surface area contributed by atoms with Gasteiger partial charge in [-0.2, -0.15) is 0 Å². The number of likely N-dealkylation sites (tertiary alicyclic amines) is 1. The highest BCUT2D eigenvalue weighted by atomic mass is 16.5. The standard InChI is InChI=1S/C14H23N3O4/c1-2-21-14(20)10-4-3-7-17(9-10)12(18)8-11-13(19)16-6-5-15-11/h10-11,15H,2-9H2,1H3,(H,16,19)/p+1/t10-,11-/m1/s1. The lowest BCUT2D eigenvalue weighted by Crippen LogP contribution is -2.96. The molecule has 3 N–H and O–H groups in total. The largest absolute Gasteiger partial charge is 0.466 e. The summed E-state index contributed by atoms with van der Waals surface area (Å²) in [5, 5.41) is 4.68. The van der Waals surface area contributed by atoms with Crippen molar-refractivity contribution in [3.05, 3.63) is 0 Å². The average molecular weight is 298 g/mol. The number of hydrogen-bond donors (Lipinski definition) is 2. The second-order valence-electron chi connectivity index (χ2n) is 5.56. The molecule has 2 amide bonds. The van der Waals surface area contributed by atoms with E-state index in [-0.39, 0.29) is 36.2 Å². The predicted octanol–water partition coefficient (Wildman–Crippen LogP) is -1.76. The van der Waals surface area contributed by atoms with Crippen LogP contribution < -0.4 is 10.6 Å². The minimum atomic E-state index is -0.339. The van der Waals surface area contributed by atoms with Crippen LogP contribution >= 0.6 is 0 Å². The smallest absolute Gasteiger partial charge is 0.310 e. The molecule has 118 valence electrons. The molecule has 2 aliphatic rings. The van der Waals surface area contributed by atoms with Crippen molar-refractivity contribution in [2.45, 2.75) is 32.2 Å². The maximum Gasteiger partial charge on any atom is 0.310 e. The Morgan fingerprint density at radius 3 is 3.00 bits per heavy atom. The first-order valence-electron chi connectivity index (χ1n) is 7.67. The Morgan fingerprint density at radius 2 is 2.29 bits per heavy atom. The number of nitrogens with two attached hydrogens (primary N) is 1. The molecular weight excluding hydrogens is 274 g/mol. The molecule has 0 radical (unpaired) electrons. The maximum atomic E-state index is 12.3. The van der Waals surface area contributed by atoms with Crippen molar-refractivity contribution < 1.29 is 24.4 Å². The van der Waals surface area contributed by atoms with Gasteiger partial charge in [0.05, 0.1) is 32.0 Å². The minimum absolute atomic E-state index is 0.0534. The van der Waals surface area contributed by atoms with Crippen LogP contribution in [0.3, 0.4) is 0 Å². The number of amides is 2. The Balaban J connectivity index is 1.86. The first-order chi connectivity index (χ1) is 10.1. The Kier molecular flexibility index (Phi) is 5.55. The number of nitrogens with zero attached hydrogens (tertiary/aromatic N) is 1. The number of carbonyl (C=O) groups excluding carboxylic acids is 3. The summed E-state index contributed by atoms with van der Waals surface area (Å²) in [4.78, 5) is 37.5. The summed E-state index contributed by atoms with van der Waals surface area (Å²) in [5.74, 6) is -0.584. The van der Waals surface area contributed by atoms with E-state index in [1.165, 1.54) is 0 Å². The number of piperazine rings is 1. The summed E-state index contributed by atoms with van der Waals surface area (Å²) in [7, 11) is 0. The number of esters is 1. The van der Waals surface area contributed by atoms with E-state index in [9.17, 15) is 14.4 Å². The number of quaternary nitrogens is 1. The molecule has 0 aromatic rings. The highest BCUT2D eigenvalue weighted by molar-refractivity contribution is 5.87. The molecule has 2 saturated heterocycles. The van der Waals surface area contributed by atoms with Gasteiger partial charge in [-0.15, -0.1) is 0 Å². The molecule has 2 heterocycles. The highest BCUT2D eigenvalue weighted by Crippen LogP contribution is 2.18. The molecule has 0 spiro atoms. The summed E-state index contributed by atoms with van der Waals surface area (Å²) >= 11 is 0. The van der Waals surface area contributed by atoms with Gasteiger partial charge in [0, 0.05) is 13.1 Å². The predicted molar refractivity (Wildman–Crippen MR) is 74.1 cm³/mol. The van der Waals surface area contributed by atoms with Gasteiger partial charge in [0.1, 0.15) is 0 Å². The molecule has 0 aromatic carbocycles. The molecular formula is C14H24N3O4+. The van der Waals surface area contributed by atoms with Crippen LogP contribution in [0.1, 0.15) is 26.2 Å². The number of nitrogens with one attached hydrogen (secondary N) is 1. The van der Waals surface area contributed by atoms with Gasteiger partial charge in [0.2, 0.25) is 5.91 Å². The van der Waals surface area contributed by atoms with Crippen molar-refractivity contribution in [2.24, 2.45) is 5.92 Å². The van der Waals surface area contributed by atoms with Gasteiger partial charge in [-0.3, -0.25) is 14.4 Å². The quantitative estimate of drug-likeness (QED) is 0.602. The van der Waals surface area contributed by atoms with E-state index < -0.39 is 0 Å². The molecule has 7 nitrogen and oxygen atoms in total. The van der Waals surface area contributed by atoms with Crippen molar-refractivity contribution in [2.75, 3.05) is 32.8 Å². The van der Waals surface area contributed by atoms with Crippen molar-refractivity contribution in [1.29, 1.82) is 0 Å². The zero-order valence-corrected chi connectivity index (χ0v) is 12.5. The first-order valence-corrected chi connectivity index (χ1v) is 7.67. The van der Waals surface area contributed by atoms with Crippen LogP contribution in [0.2, 0.25) is 0 Å². The van der Waals surface area contributed by atoms with Gasteiger partial charge < -0.3 is 20.3 Å². The molecule has 0 bridgehead atoms. The van der Waals surface area contributed by atoms with Gasteiger partial charge in [0.15, 0.2) is 6.04 Å². The van der Waals surface area contributed by atoms with Gasteiger partial charge in [-0.25, -0.2) is 0 Å².